The average molecular weight is 421 g/mol. The second kappa shape index (κ2) is 6.99. The van der Waals surface area contributed by atoms with Gasteiger partial charge >= 0.3 is 0 Å². The molecule has 2 atom stereocenters. The summed E-state index contributed by atoms with van der Waals surface area (Å²) in [5.74, 6) is 0.830. The Kier molecular flexibility index (Phi) is 5.74. The van der Waals surface area contributed by atoms with Crippen LogP contribution >= 0.6 is 31.9 Å². The average Bonchev–Trinajstić information content (AvgIpc) is 2.67. The molecule has 2 unspecified atom stereocenters. The highest BCUT2D eigenvalue weighted by molar-refractivity contribution is 9.11. The maximum absolute atomic E-state index is 5.95. The molecule has 0 bridgehead atoms. The number of ether oxygens (including phenoxy) is 2. The van der Waals surface area contributed by atoms with E-state index in [1.807, 2.05) is 6.92 Å². The van der Waals surface area contributed by atoms with Crippen LogP contribution in [-0.4, -0.2) is 24.4 Å². The van der Waals surface area contributed by atoms with Crippen molar-refractivity contribution in [2.75, 3.05) is 6.61 Å². The molecule has 0 aliphatic carbocycles. The van der Waals surface area contributed by atoms with Crippen LogP contribution in [0.5, 0.6) is 5.75 Å². The van der Waals surface area contributed by atoms with E-state index in [-0.39, 0.29) is 17.7 Å². The largest absolute Gasteiger partial charge is 0.489 e. The van der Waals surface area contributed by atoms with Crippen molar-refractivity contribution in [3.8, 4) is 5.75 Å². The van der Waals surface area contributed by atoms with Crippen LogP contribution in [0.4, 0.5) is 0 Å². The van der Waals surface area contributed by atoms with Crippen LogP contribution in [0.15, 0.2) is 21.1 Å². The van der Waals surface area contributed by atoms with Crippen LogP contribution in [0.1, 0.15) is 39.2 Å². The number of halogens is 2. The highest BCUT2D eigenvalue weighted by Crippen LogP contribution is 2.36. The lowest BCUT2D eigenvalue weighted by Crippen LogP contribution is -2.24. The van der Waals surface area contributed by atoms with E-state index in [4.69, 9.17) is 15.2 Å². The highest BCUT2D eigenvalue weighted by atomic mass is 79.9. The first kappa shape index (κ1) is 17.3. The van der Waals surface area contributed by atoms with E-state index in [0.717, 1.165) is 34.0 Å². The summed E-state index contributed by atoms with van der Waals surface area (Å²) in [4.78, 5) is 0. The number of hydrogen-bond donors (Lipinski definition) is 1. The Bertz CT molecular complexity index is 480. The molecule has 118 valence electrons. The van der Waals surface area contributed by atoms with Crippen LogP contribution in [0.25, 0.3) is 0 Å². The Morgan fingerprint density at radius 3 is 2.48 bits per heavy atom. The molecule has 0 radical (unpaired) electrons. The van der Waals surface area contributed by atoms with Crippen molar-refractivity contribution in [1.29, 1.82) is 0 Å². The van der Waals surface area contributed by atoms with Gasteiger partial charge in [-0.15, -0.1) is 0 Å². The molecule has 1 aliphatic heterocycles. The summed E-state index contributed by atoms with van der Waals surface area (Å²) in [6.07, 6.45) is 3.14. The van der Waals surface area contributed by atoms with Gasteiger partial charge in [0.1, 0.15) is 12.4 Å². The molecule has 1 aliphatic rings. The van der Waals surface area contributed by atoms with Crippen molar-refractivity contribution in [1.82, 2.24) is 0 Å². The Morgan fingerprint density at radius 1 is 1.38 bits per heavy atom. The SMILES string of the molecule is CC(N)Cc1cc(Br)c(OCC2CCC(C)(C)O2)c(Br)c1. The van der Waals surface area contributed by atoms with Gasteiger partial charge in [-0.3, -0.25) is 0 Å². The topological polar surface area (TPSA) is 44.5 Å². The number of rotatable bonds is 5. The Balaban J connectivity index is 2.00. The molecule has 3 nitrogen and oxygen atoms in total. The van der Waals surface area contributed by atoms with Gasteiger partial charge in [-0.2, -0.15) is 0 Å². The van der Waals surface area contributed by atoms with Crippen molar-refractivity contribution in [2.45, 2.75) is 57.8 Å². The summed E-state index contributed by atoms with van der Waals surface area (Å²) in [5, 5.41) is 0. The lowest BCUT2D eigenvalue weighted by atomic mass is 10.1. The minimum Gasteiger partial charge on any atom is -0.489 e. The molecule has 1 aromatic carbocycles. The van der Waals surface area contributed by atoms with Crippen LogP contribution in [-0.2, 0) is 11.2 Å². The van der Waals surface area contributed by atoms with Gasteiger partial charge in [-0.05, 0) is 89.6 Å². The first-order chi connectivity index (χ1) is 9.77. The second-order valence-corrected chi connectivity index (χ2v) is 8.13. The third kappa shape index (κ3) is 4.95. The molecule has 2 N–H and O–H groups in total. The maximum Gasteiger partial charge on any atom is 0.147 e. The van der Waals surface area contributed by atoms with Gasteiger partial charge < -0.3 is 15.2 Å². The number of benzene rings is 1. The molecule has 1 aromatic rings. The van der Waals surface area contributed by atoms with Gasteiger partial charge in [0, 0.05) is 6.04 Å². The molecular formula is C16H23Br2NO2. The lowest BCUT2D eigenvalue weighted by molar-refractivity contribution is -0.0328. The minimum atomic E-state index is -0.0242. The van der Waals surface area contributed by atoms with Crippen LogP contribution in [0.3, 0.4) is 0 Å². The first-order valence-electron chi connectivity index (χ1n) is 7.31. The molecule has 0 saturated carbocycles. The normalized spacial score (nSPS) is 22.3. The lowest BCUT2D eigenvalue weighted by Gasteiger charge is -2.20. The molecule has 2 rings (SSSR count). The molecule has 5 heteroatoms. The molecule has 0 amide bonds. The zero-order valence-corrected chi connectivity index (χ0v) is 16.0. The van der Waals surface area contributed by atoms with Gasteiger partial charge in [0.25, 0.3) is 0 Å². The van der Waals surface area contributed by atoms with Gasteiger partial charge in [0.05, 0.1) is 20.7 Å². The van der Waals surface area contributed by atoms with Gasteiger partial charge in [0.15, 0.2) is 0 Å². The molecule has 21 heavy (non-hydrogen) atoms. The van der Waals surface area contributed by atoms with Crippen LogP contribution < -0.4 is 10.5 Å². The monoisotopic (exact) mass is 419 g/mol. The number of nitrogens with two attached hydrogens (primary N) is 1. The molecule has 1 saturated heterocycles. The summed E-state index contributed by atoms with van der Waals surface area (Å²) >= 11 is 7.17. The molecule has 0 aromatic heterocycles. The van der Waals surface area contributed by atoms with E-state index in [0.29, 0.717) is 6.61 Å². The van der Waals surface area contributed by atoms with E-state index in [2.05, 4.69) is 57.8 Å². The van der Waals surface area contributed by atoms with E-state index in [1.165, 1.54) is 5.56 Å². The highest BCUT2D eigenvalue weighted by Gasteiger charge is 2.32. The Hall–Kier alpha value is -0.100. The quantitative estimate of drug-likeness (QED) is 0.765. The van der Waals surface area contributed by atoms with Crippen molar-refractivity contribution in [3.05, 3.63) is 26.6 Å². The predicted octanol–water partition coefficient (Wildman–Crippen LogP) is 4.44. The summed E-state index contributed by atoms with van der Waals surface area (Å²) in [5.41, 5.74) is 7.02. The zero-order valence-electron chi connectivity index (χ0n) is 12.8. The smallest absolute Gasteiger partial charge is 0.147 e. The van der Waals surface area contributed by atoms with Crippen molar-refractivity contribution in [2.24, 2.45) is 5.73 Å². The fourth-order valence-electron chi connectivity index (χ4n) is 2.61. The van der Waals surface area contributed by atoms with Crippen LogP contribution in [0, 0.1) is 0 Å². The fourth-order valence-corrected chi connectivity index (χ4v) is 4.12. The first-order valence-corrected chi connectivity index (χ1v) is 8.89. The van der Waals surface area contributed by atoms with Crippen molar-refractivity contribution >= 4 is 31.9 Å². The van der Waals surface area contributed by atoms with E-state index in [1.54, 1.807) is 0 Å². The van der Waals surface area contributed by atoms with Gasteiger partial charge in [-0.25, -0.2) is 0 Å². The number of hydrogen-bond acceptors (Lipinski definition) is 3. The zero-order chi connectivity index (χ0) is 15.6. The summed E-state index contributed by atoms with van der Waals surface area (Å²) in [6.45, 7) is 6.84. The Morgan fingerprint density at radius 2 is 2.00 bits per heavy atom. The van der Waals surface area contributed by atoms with Crippen molar-refractivity contribution in [3.63, 3.8) is 0 Å². The Labute approximate surface area is 143 Å². The van der Waals surface area contributed by atoms with Gasteiger partial charge in [0.2, 0.25) is 0 Å². The third-order valence-electron chi connectivity index (χ3n) is 3.58. The summed E-state index contributed by atoms with van der Waals surface area (Å²) in [6, 6.07) is 4.29. The second-order valence-electron chi connectivity index (χ2n) is 6.42. The maximum atomic E-state index is 5.95. The third-order valence-corrected chi connectivity index (χ3v) is 4.76. The van der Waals surface area contributed by atoms with Gasteiger partial charge in [-0.1, -0.05) is 0 Å². The predicted molar refractivity (Wildman–Crippen MR) is 92.9 cm³/mol. The fraction of sp³-hybridized carbons (Fsp3) is 0.625. The molecule has 0 spiro atoms. The molecule has 1 fully saturated rings. The van der Waals surface area contributed by atoms with E-state index >= 15 is 0 Å². The standard InChI is InChI=1S/C16H23Br2NO2/c1-10(19)6-11-7-13(17)15(14(18)8-11)20-9-12-4-5-16(2,3)21-12/h7-8,10,12H,4-6,9,19H2,1-3H3. The summed E-state index contributed by atoms with van der Waals surface area (Å²) < 4.78 is 13.8. The molecule has 1 heterocycles. The van der Waals surface area contributed by atoms with Crippen molar-refractivity contribution < 1.29 is 9.47 Å². The van der Waals surface area contributed by atoms with E-state index in [9.17, 15) is 0 Å². The minimum absolute atomic E-state index is 0.0242. The summed E-state index contributed by atoms with van der Waals surface area (Å²) in [7, 11) is 0. The molecular weight excluding hydrogens is 398 g/mol. The van der Waals surface area contributed by atoms with Crippen LogP contribution in [0.2, 0.25) is 0 Å². The van der Waals surface area contributed by atoms with E-state index < -0.39 is 0 Å².